The zero-order valence-corrected chi connectivity index (χ0v) is 20.2. The number of nitrogens with zero attached hydrogens (tertiary/aromatic N) is 2. The summed E-state index contributed by atoms with van der Waals surface area (Å²) >= 11 is 0. The van der Waals surface area contributed by atoms with Crippen molar-refractivity contribution in [2.75, 3.05) is 43.4 Å². The number of nitrogens with one attached hydrogen (secondary N) is 3. The van der Waals surface area contributed by atoms with Gasteiger partial charge in [-0.3, -0.25) is 9.69 Å². The second-order valence-electron chi connectivity index (χ2n) is 8.68. The van der Waals surface area contributed by atoms with Crippen LogP contribution in [0.5, 0.6) is 0 Å². The molecule has 1 heterocycles. The summed E-state index contributed by atoms with van der Waals surface area (Å²) in [5, 5.41) is 8.58. The highest BCUT2D eigenvalue weighted by molar-refractivity contribution is 6.00. The van der Waals surface area contributed by atoms with Crippen molar-refractivity contribution in [2.24, 2.45) is 0 Å². The number of hydrogen-bond donors (Lipinski definition) is 3. The Morgan fingerprint density at radius 1 is 0.714 bits per heavy atom. The number of piperazine rings is 1. The average molecular weight is 472 g/mol. The predicted molar refractivity (Wildman–Crippen MR) is 141 cm³/mol. The fourth-order valence-corrected chi connectivity index (χ4v) is 4.19. The number of anilines is 2. The molecule has 0 radical (unpaired) electrons. The third-order valence-electron chi connectivity index (χ3n) is 6.30. The van der Waals surface area contributed by atoms with Crippen molar-refractivity contribution in [3.8, 4) is 0 Å². The van der Waals surface area contributed by atoms with Crippen molar-refractivity contribution in [3.63, 3.8) is 0 Å². The Labute approximate surface area is 207 Å². The van der Waals surface area contributed by atoms with Gasteiger partial charge in [-0.25, -0.2) is 4.79 Å². The van der Waals surface area contributed by atoms with Gasteiger partial charge in [-0.05, 0) is 54.1 Å². The monoisotopic (exact) mass is 471 g/mol. The van der Waals surface area contributed by atoms with E-state index >= 15 is 0 Å². The molecule has 7 heteroatoms. The van der Waals surface area contributed by atoms with Crippen LogP contribution in [-0.2, 0) is 13.1 Å². The van der Waals surface area contributed by atoms with Crippen LogP contribution in [0.4, 0.5) is 16.2 Å². The van der Waals surface area contributed by atoms with Crippen LogP contribution in [0.3, 0.4) is 0 Å². The van der Waals surface area contributed by atoms with Gasteiger partial charge in [0.05, 0.1) is 0 Å². The maximum Gasteiger partial charge on any atom is 0.323 e. The molecule has 182 valence electrons. The first-order valence-electron chi connectivity index (χ1n) is 12.1. The zero-order valence-electron chi connectivity index (χ0n) is 20.2. The minimum absolute atomic E-state index is 0.142. The maximum absolute atomic E-state index is 12.7. The van der Waals surface area contributed by atoms with Crippen LogP contribution in [0.2, 0.25) is 0 Å². The molecule has 3 N–H and O–H groups in total. The molecular weight excluding hydrogens is 438 g/mol. The lowest BCUT2D eigenvalue weighted by Gasteiger charge is -2.34. The molecule has 0 saturated carbocycles. The molecule has 7 nitrogen and oxygen atoms in total. The number of hydrogen-bond acceptors (Lipinski definition) is 4. The minimum atomic E-state index is -0.332. The van der Waals surface area contributed by atoms with E-state index in [9.17, 15) is 9.59 Å². The molecule has 0 spiro atoms. The molecule has 1 aliphatic rings. The van der Waals surface area contributed by atoms with E-state index in [1.54, 1.807) is 24.3 Å². The molecule has 0 aromatic heterocycles. The second kappa shape index (κ2) is 12.1. The molecule has 35 heavy (non-hydrogen) atoms. The SMILES string of the molecule is CCN1CCN(Cc2ccccc2CNC(=O)c2ccc(NC(=O)Nc3ccccc3)cc2)CC1. The van der Waals surface area contributed by atoms with Crippen LogP contribution in [0.1, 0.15) is 28.4 Å². The highest BCUT2D eigenvalue weighted by Gasteiger charge is 2.17. The number of benzene rings is 3. The van der Waals surface area contributed by atoms with Gasteiger partial charge in [0, 0.05) is 56.2 Å². The summed E-state index contributed by atoms with van der Waals surface area (Å²) in [7, 11) is 0. The molecule has 1 fully saturated rings. The molecule has 0 aliphatic carbocycles. The van der Waals surface area contributed by atoms with Gasteiger partial charge in [-0.2, -0.15) is 0 Å². The van der Waals surface area contributed by atoms with E-state index in [0.717, 1.165) is 44.8 Å². The number of para-hydroxylation sites is 1. The van der Waals surface area contributed by atoms with Crippen molar-refractivity contribution in [3.05, 3.63) is 95.6 Å². The van der Waals surface area contributed by atoms with Gasteiger partial charge in [0.1, 0.15) is 0 Å². The summed E-state index contributed by atoms with van der Waals surface area (Å²) in [5.41, 5.74) is 4.26. The van der Waals surface area contributed by atoms with Crippen molar-refractivity contribution in [1.82, 2.24) is 15.1 Å². The number of carbonyl (C=O) groups excluding carboxylic acids is 2. The van der Waals surface area contributed by atoms with Gasteiger partial charge in [-0.1, -0.05) is 49.4 Å². The van der Waals surface area contributed by atoms with E-state index in [1.165, 1.54) is 5.56 Å². The first-order valence-corrected chi connectivity index (χ1v) is 12.1. The first-order chi connectivity index (χ1) is 17.1. The standard InChI is InChI=1S/C28H33N5O2/c1-2-32-16-18-33(19-17-32)21-24-9-7-6-8-23(24)20-29-27(34)22-12-14-26(15-13-22)31-28(35)30-25-10-4-3-5-11-25/h3-15H,2,16-21H2,1H3,(H,29,34)(H2,30,31,35). The van der Waals surface area contributed by atoms with E-state index in [4.69, 9.17) is 0 Å². The Balaban J connectivity index is 1.28. The highest BCUT2D eigenvalue weighted by atomic mass is 16.2. The van der Waals surface area contributed by atoms with Gasteiger partial charge in [0.15, 0.2) is 0 Å². The van der Waals surface area contributed by atoms with Gasteiger partial charge in [0.2, 0.25) is 0 Å². The van der Waals surface area contributed by atoms with E-state index in [1.807, 2.05) is 36.4 Å². The summed E-state index contributed by atoms with van der Waals surface area (Å²) in [6.45, 7) is 9.03. The fraction of sp³-hybridized carbons (Fsp3) is 0.286. The van der Waals surface area contributed by atoms with Crippen molar-refractivity contribution in [1.29, 1.82) is 0 Å². The number of likely N-dealkylation sites (N-methyl/N-ethyl adjacent to an activating group) is 1. The summed E-state index contributed by atoms with van der Waals surface area (Å²) < 4.78 is 0. The maximum atomic E-state index is 12.7. The third kappa shape index (κ3) is 7.15. The first kappa shape index (κ1) is 24.4. The summed E-state index contributed by atoms with van der Waals surface area (Å²) in [4.78, 5) is 29.8. The number of rotatable bonds is 8. The summed E-state index contributed by atoms with van der Waals surface area (Å²) in [5.74, 6) is -0.142. The smallest absolute Gasteiger partial charge is 0.323 e. The highest BCUT2D eigenvalue weighted by Crippen LogP contribution is 2.15. The average Bonchev–Trinajstić information content (AvgIpc) is 2.89. The van der Waals surface area contributed by atoms with Crippen LogP contribution in [0, 0.1) is 0 Å². The van der Waals surface area contributed by atoms with Crippen LogP contribution >= 0.6 is 0 Å². The molecule has 1 saturated heterocycles. The van der Waals surface area contributed by atoms with Gasteiger partial charge in [0.25, 0.3) is 5.91 Å². The lowest BCUT2D eigenvalue weighted by Crippen LogP contribution is -2.45. The Bertz CT molecular complexity index is 1110. The van der Waals surface area contributed by atoms with Crippen LogP contribution in [0.15, 0.2) is 78.9 Å². The Morgan fingerprint density at radius 3 is 1.94 bits per heavy atom. The van der Waals surface area contributed by atoms with E-state index in [2.05, 4.69) is 50.9 Å². The van der Waals surface area contributed by atoms with Crippen molar-refractivity contribution >= 4 is 23.3 Å². The molecule has 3 amide bonds. The number of amides is 3. The largest absolute Gasteiger partial charge is 0.348 e. The topological polar surface area (TPSA) is 76.7 Å². The Hall–Kier alpha value is -3.68. The predicted octanol–water partition coefficient (Wildman–Crippen LogP) is 4.40. The summed E-state index contributed by atoms with van der Waals surface area (Å²) in [6.07, 6.45) is 0. The molecule has 3 aromatic carbocycles. The zero-order chi connectivity index (χ0) is 24.5. The van der Waals surface area contributed by atoms with Crippen LogP contribution in [-0.4, -0.2) is 54.5 Å². The quantitative estimate of drug-likeness (QED) is 0.455. The third-order valence-corrected chi connectivity index (χ3v) is 6.30. The fourth-order valence-electron chi connectivity index (χ4n) is 4.19. The molecule has 0 unspecified atom stereocenters. The van der Waals surface area contributed by atoms with Crippen LogP contribution < -0.4 is 16.0 Å². The summed E-state index contributed by atoms with van der Waals surface area (Å²) in [6, 6.07) is 24.1. The second-order valence-corrected chi connectivity index (χ2v) is 8.68. The molecule has 3 aromatic rings. The lowest BCUT2D eigenvalue weighted by molar-refractivity contribution is 0.0950. The Kier molecular flexibility index (Phi) is 8.48. The number of carbonyl (C=O) groups is 2. The molecule has 0 atom stereocenters. The molecular formula is C28H33N5O2. The van der Waals surface area contributed by atoms with Gasteiger partial charge < -0.3 is 20.9 Å². The lowest BCUT2D eigenvalue weighted by atomic mass is 10.1. The number of urea groups is 1. The van der Waals surface area contributed by atoms with Gasteiger partial charge >= 0.3 is 6.03 Å². The Morgan fingerprint density at radius 2 is 1.29 bits per heavy atom. The van der Waals surface area contributed by atoms with Gasteiger partial charge in [-0.15, -0.1) is 0 Å². The molecule has 0 bridgehead atoms. The van der Waals surface area contributed by atoms with Crippen molar-refractivity contribution < 1.29 is 9.59 Å². The minimum Gasteiger partial charge on any atom is -0.348 e. The normalized spacial score (nSPS) is 14.3. The van der Waals surface area contributed by atoms with Crippen LogP contribution in [0.25, 0.3) is 0 Å². The van der Waals surface area contributed by atoms with E-state index < -0.39 is 0 Å². The van der Waals surface area contributed by atoms with E-state index in [-0.39, 0.29) is 11.9 Å². The molecule has 1 aliphatic heterocycles. The van der Waals surface area contributed by atoms with E-state index in [0.29, 0.717) is 23.5 Å². The van der Waals surface area contributed by atoms with Crippen molar-refractivity contribution in [2.45, 2.75) is 20.0 Å². The molecule has 4 rings (SSSR count).